The number of fused-ring (bicyclic) bond motifs is 1. The van der Waals surface area contributed by atoms with Crippen LogP contribution in [-0.2, 0) is 6.54 Å². The number of unbranched alkanes of at least 4 members (excludes halogenated alkanes) is 2. The molecular weight excluding hydrogens is 418 g/mol. The number of rotatable bonds is 8. The Hall–Kier alpha value is -2.27. The van der Waals surface area contributed by atoms with Crippen LogP contribution < -0.4 is 15.3 Å². The zero-order chi connectivity index (χ0) is 20.1. The number of ether oxygens (including phenoxy) is 1. The molecule has 0 aliphatic heterocycles. The molecular formula is C23H26BrNO3. The van der Waals surface area contributed by atoms with Crippen molar-refractivity contribution < 1.29 is 9.15 Å². The summed E-state index contributed by atoms with van der Waals surface area (Å²) in [6.07, 6.45) is 3.45. The minimum Gasteiger partial charge on any atom is -0.497 e. The van der Waals surface area contributed by atoms with Gasteiger partial charge in [-0.2, -0.15) is 0 Å². The average Bonchev–Trinajstić information content (AvgIpc) is 2.68. The predicted molar refractivity (Wildman–Crippen MR) is 118 cm³/mol. The van der Waals surface area contributed by atoms with E-state index < -0.39 is 0 Å². The summed E-state index contributed by atoms with van der Waals surface area (Å²) in [5.74, 6) is 0.840. The summed E-state index contributed by atoms with van der Waals surface area (Å²) >= 11 is 3.66. The van der Waals surface area contributed by atoms with Crippen molar-refractivity contribution >= 4 is 32.6 Å². The van der Waals surface area contributed by atoms with Gasteiger partial charge >= 0.3 is 5.63 Å². The first-order valence-corrected chi connectivity index (χ1v) is 10.4. The Morgan fingerprint density at radius 2 is 1.93 bits per heavy atom. The highest BCUT2D eigenvalue weighted by molar-refractivity contribution is 9.10. The van der Waals surface area contributed by atoms with Crippen molar-refractivity contribution in [1.29, 1.82) is 0 Å². The van der Waals surface area contributed by atoms with Crippen LogP contribution in [0.2, 0.25) is 0 Å². The summed E-state index contributed by atoms with van der Waals surface area (Å²) in [5.41, 5.74) is 3.46. The lowest BCUT2D eigenvalue weighted by atomic mass is 10.1. The lowest BCUT2D eigenvalue weighted by Crippen LogP contribution is -2.24. The molecule has 0 bridgehead atoms. The quantitative estimate of drug-likeness (QED) is 0.313. The van der Waals surface area contributed by atoms with Crippen molar-refractivity contribution in [2.75, 3.05) is 18.6 Å². The first kappa shape index (κ1) is 20.5. The molecule has 3 aromatic rings. The van der Waals surface area contributed by atoms with Gasteiger partial charge in [-0.3, -0.25) is 0 Å². The van der Waals surface area contributed by atoms with E-state index in [-0.39, 0.29) is 5.63 Å². The van der Waals surface area contributed by atoms with Gasteiger partial charge in [0.1, 0.15) is 11.3 Å². The van der Waals surface area contributed by atoms with E-state index in [2.05, 4.69) is 39.9 Å². The zero-order valence-electron chi connectivity index (χ0n) is 16.6. The summed E-state index contributed by atoms with van der Waals surface area (Å²) in [5, 5.41) is 0.972. The zero-order valence-corrected chi connectivity index (χ0v) is 18.2. The maximum Gasteiger partial charge on any atom is 0.336 e. The molecule has 0 amide bonds. The molecule has 1 aromatic heterocycles. The second kappa shape index (κ2) is 9.28. The van der Waals surface area contributed by atoms with Crippen molar-refractivity contribution in [3.8, 4) is 5.75 Å². The molecule has 0 unspecified atom stereocenters. The number of methoxy groups -OCH3 is 1. The van der Waals surface area contributed by atoms with Gasteiger partial charge in [-0.05, 0) is 54.8 Å². The Kier molecular flexibility index (Phi) is 6.79. The van der Waals surface area contributed by atoms with E-state index in [1.54, 1.807) is 7.11 Å². The van der Waals surface area contributed by atoms with Gasteiger partial charge in [0.05, 0.1) is 7.11 Å². The molecule has 5 heteroatoms. The minimum absolute atomic E-state index is 0.310. The topological polar surface area (TPSA) is 42.7 Å². The second-order valence-corrected chi connectivity index (χ2v) is 7.87. The van der Waals surface area contributed by atoms with Crippen LogP contribution in [0, 0.1) is 6.92 Å². The summed E-state index contributed by atoms with van der Waals surface area (Å²) in [4.78, 5) is 14.1. The van der Waals surface area contributed by atoms with Gasteiger partial charge in [0.15, 0.2) is 0 Å². The Bertz CT molecular complexity index is 1010. The van der Waals surface area contributed by atoms with Crippen LogP contribution in [0.1, 0.15) is 37.3 Å². The van der Waals surface area contributed by atoms with Gasteiger partial charge < -0.3 is 14.1 Å². The molecule has 0 saturated heterocycles. The third kappa shape index (κ3) is 4.76. The Labute approximate surface area is 174 Å². The van der Waals surface area contributed by atoms with Crippen LogP contribution in [0.25, 0.3) is 11.0 Å². The predicted octanol–water partition coefficient (Wildman–Crippen LogP) is 6.07. The molecule has 3 rings (SSSR count). The van der Waals surface area contributed by atoms with E-state index in [1.165, 1.54) is 18.9 Å². The first-order valence-electron chi connectivity index (χ1n) is 9.63. The van der Waals surface area contributed by atoms with Gasteiger partial charge in [0, 0.05) is 40.8 Å². The Balaban J connectivity index is 1.97. The summed E-state index contributed by atoms with van der Waals surface area (Å²) < 4.78 is 11.9. The third-order valence-electron chi connectivity index (χ3n) is 4.95. The summed E-state index contributed by atoms with van der Waals surface area (Å²) in [7, 11) is 1.68. The molecule has 2 aromatic carbocycles. The second-order valence-electron chi connectivity index (χ2n) is 7.01. The molecule has 28 heavy (non-hydrogen) atoms. The van der Waals surface area contributed by atoms with Crippen LogP contribution >= 0.6 is 15.9 Å². The van der Waals surface area contributed by atoms with Crippen molar-refractivity contribution in [3.63, 3.8) is 0 Å². The van der Waals surface area contributed by atoms with Gasteiger partial charge in [0.2, 0.25) is 0 Å². The van der Waals surface area contributed by atoms with E-state index in [0.29, 0.717) is 5.58 Å². The molecule has 0 fully saturated rings. The van der Waals surface area contributed by atoms with E-state index >= 15 is 0 Å². The Morgan fingerprint density at radius 1 is 1.11 bits per heavy atom. The highest BCUT2D eigenvalue weighted by Crippen LogP contribution is 2.28. The van der Waals surface area contributed by atoms with Gasteiger partial charge in [0.25, 0.3) is 0 Å². The van der Waals surface area contributed by atoms with E-state index in [4.69, 9.17) is 9.15 Å². The molecule has 0 aliphatic carbocycles. The van der Waals surface area contributed by atoms with E-state index in [0.717, 1.165) is 51.9 Å². The maximum atomic E-state index is 11.8. The van der Waals surface area contributed by atoms with Crippen molar-refractivity contribution in [3.05, 3.63) is 68.5 Å². The molecule has 0 spiro atoms. The number of benzene rings is 2. The largest absolute Gasteiger partial charge is 0.497 e. The maximum absolute atomic E-state index is 11.8. The fraction of sp³-hybridized carbons (Fsp3) is 0.348. The smallest absolute Gasteiger partial charge is 0.336 e. The molecule has 148 valence electrons. The fourth-order valence-corrected chi connectivity index (χ4v) is 3.74. The van der Waals surface area contributed by atoms with Crippen LogP contribution in [0.3, 0.4) is 0 Å². The number of halogens is 1. The molecule has 0 saturated carbocycles. The van der Waals surface area contributed by atoms with E-state index in [1.807, 2.05) is 31.2 Å². The summed E-state index contributed by atoms with van der Waals surface area (Å²) in [6.45, 7) is 5.81. The highest BCUT2D eigenvalue weighted by Gasteiger charge is 2.13. The third-order valence-corrected chi connectivity index (χ3v) is 5.72. The lowest BCUT2D eigenvalue weighted by molar-refractivity contribution is 0.414. The Morgan fingerprint density at radius 3 is 2.68 bits per heavy atom. The number of anilines is 1. The monoisotopic (exact) mass is 443 g/mol. The average molecular weight is 444 g/mol. The number of hydrogen-bond acceptors (Lipinski definition) is 4. The van der Waals surface area contributed by atoms with Crippen LogP contribution in [0.15, 0.2) is 56.1 Å². The van der Waals surface area contributed by atoms with Crippen LogP contribution in [0.4, 0.5) is 5.69 Å². The SMILES string of the molecule is CCCCCN(Cc1cc(OC)ccc1Br)c1ccc2c(C)cc(=O)oc2c1. The number of aryl methyl sites for hydroxylation is 1. The number of nitrogens with zero attached hydrogens (tertiary/aromatic N) is 1. The summed E-state index contributed by atoms with van der Waals surface area (Å²) in [6, 6.07) is 13.7. The van der Waals surface area contributed by atoms with Gasteiger partial charge in [-0.1, -0.05) is 35.7 Å². The molecule has 0 atom stereocenters. The van der Waals surface area contributed by atoms with Crippen molar-refractivity contribution in [2.24, 2.45) is 0 Å². The molecule has 4 nitrogen and oxygen atoms in total. The van der Waals surface area contributed by atoms with Gasteiger partial charge in [-0.25, -0.2) is 4.79 Å². The molecule has 0 radical (unpaired) electrons. The normalized spacial score (nSPS) is 11.0. The first-order chi connectivity index (χ1) is 13.5. The molecule has 0 N–H and O–H groups in total. The van der Waals surface area contributed by atoms with E-state index in [9.17, 15) is 4.79 Å². The van der Waals surface area contributed by atoms with Crippen LogP contribution in [0.5, 0.6) is 5.75 Å². The lowest BCUT2D eigenvalue weighted by Gasteiger charge is -2.26. The van der Waals surface area contributed by atoms with Crippen molar-refractivity contribution in [1.82, 2.24) is 0 Å². The minimum atomic E-state index is -0.310. The van der Waals surface area contributed by atoms with Crippen molar-refractivity contribution in [2.45, 2.75) is 39.7 Å². The molecule has 1 heterocycles. The fourth-order valence-electron chi connectivity index (χ4n) is 3.37. The standard InChI is InChI=1S/C23H26BrNO3/c1-4-5-6-11-25(15-17-13-19(27-3)8-10-21(17)24)18-7-9-20-16(2)12-23(26)28-22(20)14-18/h7-10,12-14H,4-6,11,15H2,1-3H3. The highest BCUT2D eigenvalue weighted by atomic mass is 79.9. The van der Waals surface area contributed by atoms with Crippen LogP contribution in [-0.4, -0.2) is 13.7 Å². The van der Waals surface area contributed by atoms with Gasteiger partial charge in [-0.15, -0.1) is 0 Å². The molecule has 0 aliphatic rings. The number of hydrogen-bond donors (Lipinski definition) is 0.